The predicted molar refractivity (Wildman–Crippen MR) is 113 cm³/mol. The van der Waals surface area contributed by atoms with E-state index in [-0.39, 0.29) is 18.4 Å². The van der Waals surface area contributed by atoms with Crippen molar-refractivity contribution >= 4 is 46.0 Å². The molecule has 0 aliphatic carbocycles. The van der Waals surface area contributed by atoms with Gasteiger partial charge in [-0.05, 0) is 58.0 Å². The molecule has 0 fully saturated rings. The van der Waals surface area contributed by atoms with Crippen LogP contribution >= 0.6 is 34.2 Å². The van der Waals surface area contributed by atoms with Crippen LogP contribution in [0.1, 0.15) is 23.6 Å². The third-order valence-corrected chi connectivity index (χ3v) is 5.48. The number of anilines is 1. The topological polar surface area (TPSA) is 78.3 Å². The van der Waals surface area contributed by atoms with E-state index in [2.05, 4.69) is 38.0 Å². The van der Waals surface area contributed by atoms with Gasteiger partial charge in [-0.15, -0.1) is 0 Å². The Hall–Kier alpha value is -2.33. The number of hydrogen-bond acceptors (Lipinski definition) is 5. The van der Waals surface area contributed by atoms with Gasteiger partial charge in [0.25, 0.3) is 0 Å². The van der Waals surface area contributed by atoms with Gasteiger partial charge in [-0.2, -0.15) is 10.1 Å². The number of rotatable bonds is 5. The second kappa shape index (κ2) is 7.96. The van der Waals surface area contributed by atoms with Gasteiger partial charge in [0.1, 0.15) is 12.9 Å². The summed E-state index contributed by atoms with van der Waals surface area (Å²) in [6.45, 7) is 0.391. The SMILES string of the molecule is COc1cc([C@H]2CC(=O)Nc3ncnn32)cc(I)c1OCc1ccc(Cl)cc1. The molecule has 1 atom stereocenters. The van der Waals surface area contributed by atoms with Crippen molar-refractivity contribution in [3.63, 3.8) is 0 Å². The lowest BCUT2D eigenvalue weighted by Crippen LogP contribution is -2.29. The predicted octanol–water partition coefficient (Wildman–Crippen LogP) is 4.06. The Morgan fingerprint density at radius 3 is 2.86 bits per heavy atom. The monoisotopic (exact) mass is 510 g/mol. The minimum Gasteiger partial charge on any atom is -0.493 e. The van der Waals surface area contributed by atoms with Crippen LogP contribution in [0, 0.1) is 3.57 Å². The van der Waals surface area contributed by atoms with Gasteiger partial charge in [0.05, 0.1) is 23.1 Å². The minimum absolute atomic E-state index is 0.0949. The molecule has 0 saturated carbocycles. The van der Waals surface area contributed by atoms with Crippen molar-refractivity contribution in [2.24, 2.45) is 0 Å². The number of methoxy groups -OCH3 is 1. The zero-order valence-electron chi connectivity index (χ0n) is 14.9. The summed E-state index contributed by atoms with van der Waals surface area (Å²) >= 11 is 8.14. The van der Waals surface area contributed by atoms with E-state index in [1.54, 1.807) is 11.8 Å². The molecule has 7 nitrogen and oxygen atoms in total. The Kier molecular flexibility index (Phi) is 5.40. The quantitative estimate of drug-likeness (QED) is 0.524. The van der Waals surface area contributed by atoms with Crippen LogP contribution in [0.25, 0.3) is 0 Å². The zero-order chi connectivity index (χ0) is 19.7. The molecule has 0 bridgehead atoms. The summed E-state index contributed by atoms with van der Waals surface area (Å²) in [7, 11) is 1.60. The maximum atomic E-state index is 12.0. The molecule has 28 heavy (non-hydrogen) atoms. The molecule has 0 radical (unpaired) electrons. The van der Waals surface area contributed by atoms with E-state index in [4.69, 9.17) is 21.1 Å². The summed E-state index contributed by atoms with van der Waals surface area (Å²) in [6.07, 6.45) is 1.71. The molecule has 1 aliphatic rings. The lowest BCUT2D eigenvalue weighted by atomic mass is 10.0. The van der Waals surface area contributed by atoms with Crippen LogP contribution in [0.4, 0.5) is 5.95 Å². The van der Waals surface area contributed by atoms with Crippen LogP contribution in [0.5, 0.6) is 11.5 Å². The summed E-state index contributed by atoms with van der Waals surface area (Å²) in [6, 6.07) is 11.1. The van der Waals surface area contributed by atoms with Gasteiger partial charge < -0.3 is 9.47 Å². The Labute approximate surface area is 180 Å². The van der Waals surface area contributed by atoms with Gasteiger partial charge >= 0.3 is 0 Å². The number of nitrogens with zero attached hydrogens (tertiary/aromatic N) is 3. The Morgan fingerprint density at radius 1 is 1.32 bits per heavy atom. The molecule has 0 saturated heterocycles. The summed E-state index contributed by atoms with van der Waals surface area (Å²) < 4.78 is 14.2. The zero-order valence-corrected chi connectivity index (χ0v) is 17.8. The number of halogens is 2. The van der Waals surface area contributed by atoms with E-state index in [0.29, 0.717) is 29.1 Å². The molecular weight excluding hydrogens is 495 g/mol. The van der Waals surface area contributed by atoms with Crippen LogP contribution in [0.2, 0.25) is 5.02 Å². The van der Waals surface area contributed by atoms with Gasteiger partial charge in [-0.25, -0.2) is 4.68 Å². The highest BCUT2D eigenvalue weighted by Gasteiger charge is 2.29. The molecule has 144 valence electrons. The van der Waals surface area contributed by atoms with Gasteiger partial charge in [-0.1, -0.05) is 23.7 Å². The molecule has 1 N–H and O–H groups in total. The molecule has 1 aromatic heterocycles. The summed E-state index contributed by atoms with van der Waals surface area (Å²) in [5.74, 6) is 1.60. The van der Waals surface area contributed by atoms with Crippen LogP contribution in [-0.2, 0) is 11.4 Å². The lowest BCUT2D eigenvalue weighted by Gasteiger charge is -2.25. The minimum atomic E-state index is -0.251. The van der Waals surface area contributed by atoms with Crippen molar-refractivity contribution < 1.29 is 14.3 Å². The van der Waals surface area contributed by atoms with E-state index in [1.807, 2.05) is 36.4 Å². The van der Waals surface area contributed by atoms with Gasteiger partial charge in [0.2, 0.25) is 11.9 Å². The van der Waals surface area contributed by atoms with Gasteiger partial charge in [0.15, 0.2) is 11.5 Å². The molecule has 2 heterocycles. The number of benzene rings is 2. The largest absolute Gasteiger partial charge is 0.493 e. The van der Waals surface area contributed by atoms with Crippen molar-refractivity contribution in [1.29, 1.82) is 0 Å². The fraction of sp³-hybridized carbons (Fsp3) is 0.211. The fourth-order valence-electron chi connectivity index (χ4n) is 3.07. The van der Waals surface area contributed by atoms with E-state index < -0.39 is 0 Å². The molecule has 2 aromatic carbocycles. The van der Waals surface area contributed by atoms with E-state index in [9.17, 15) is 4.79 Å². The summed E-state index contributed by atoms with van der Waals surface area (Å²) in [5.41, 5.74) is 1.91. The van der Waals surface area contributed by atoms with Crippen LogP contribution < -0.4 is 14.8 Å². The maximum Gasteiger partial charge on any atom is 0.229 e. The van der Waals surface area contributed by atoms with Crippen molar-refractivity contribution in [3.8, 4) is 11.5 Å². The lowest BCUT2D eigenvalue weighted by molar-refractivity contribution is -0.117. The number of carbonyl (C=O) groups excluding carboxylic acids is 1. The molecular formula is C19H16ClIN4O3. The standard InChI is InChI=1S/C19H16ClIN4O3/c1-27-16-7-12(15-8-17(26)24-19-22-10-23-25(15)19)6-14(21)18(16)28-9-11-2-4-13(20)5-3-11/h2-7,10,15H,8-9H2,1H3,(H,22,23,24,26)/t15-/m1/s1. The highest BCUT2D eigenvalue weighted by molar-refractivity contribution is 14.1. The molecule has 9 heteroatoms. The first kappa shape index (κ1) is 19.0. The molecule has 0 spiro atoms. The number of carbonyl (C=O) groups is 1. The van der Waals surface area contributed by atoms with E-state index >= 15 is 0 Å². The number of nitrogens with one attached hydrogen (secondary N) is 1. The third kappa shape index (κ3) is 3.79. The van der Waals surface area contributed by atoms with Crippen molar-refractivity contribution in [1.82, 2.24) is 14.8 Å². The second-order valence-corrected chi connectivity index (χ2v) is 7.84. The molecule has 4 rings (SSSR count). The van der Waals surface area contributed by atoms with Crippen LogP contribution in [0.3, 0.4) is 0 Å². The number of aromatic nitrogens is 3. The van der Waals surface area contributed by atoms with Crippen molar-refractivity contribution in [2.75, 3.05) is 12.4 Å². The smallest absolute Gasteiger partial charge is 0.229 e. The highest BCUT2D eigenvalue weighted by Crippen LogP contribution is 2.39. The van der Waals surface area contributed by atoms with Crippen LogP contribution in [-0.4, -0.2) is 27.8 Å². The first-order valence-electron chi connectivity index (χ1n) is 8.49. The average Bonchev–Trinajstić information content (AvgIpc) is 3.15. The Morgan fingerprint density at radius 2 is 2.11 bits per heavy atom. The fourth-order valence-corrected chi connectivity index (χ4v) is 3.98. The third-order valence-electron chi connectivity index (χ3n) is 4.43. The maximum absolute atomic E-state index is 12.0. The number of hydrogen-bond donors (Lipinski definition) is 1. The highest BCUT2D eigenvalue weighted by atomic mass is 127. The molecule has 0 unspecified atom stereocenters. The number of ether oxygens (including phenoxy) is 2. The summed E-state index contributed by atoms with van der Waals surface area (Å²) in [5, 5.41) is 7.65. The van der Waals surface area contributed by atoms with Crippen molar-refractivity contribution in [3.05, 3.63) is 62.4 Å². The number of amides is 1. The average molecular weight is 511 g/mol. The summed E-state index contributed by atoms with van der Waals surface area (Å²) in [4.78, 5) is 16.1. The molecule has 1 aliphatic heterocycles. The Balaban J connectivity index is 1.63. The van der Waals surface area contributed by atoms with Crippen molar-refractivity contribution in [2.45, 2.75) is 19.1 Å². The van der Waals surface area contributed by atoms with Crippen LogP contribution in [0.15, 0.2) is 42.7 Å². The first-order chi connectivity index (χ1) is 13.5. The Bertz CT molecular complexity index is 1020. The number of fused-ring (bicyclic) bond motifs is 1. The normalized spacial score (nSPS) is 15.7. The van der Waals surface area contributed by atoms with Gasteiger partial charge in [-0.3, -0.25) is 10.1 Å². The molecule has 1 amide bonds. The van der Waals surface area contributed by atoms with E-state index in [0.717, 1.165) is 14.7 Å². The second-order valence-electron chi connectivity index (χ2n) is 6.25. The van der Waals surface area contributed by atoms with E-state index in [1.165, 1.54) is 6.33 Å². The van der Waals surface area contributed by atoms with Gasteiger partial charge in [0, 0.05) is 5.02 Å². The first-order valence-corrected chi connectivity index (χ1v) is 9.95. The molecule has 3 aromatic rings.